The van der Waals surface area contributed by atoms with E-state index in [1.165, 1.54) is 0 Å². The van der Waals surface area contributed by atoms with Crippen LogP contribution in [-0.4, -0.2) is 15.0 Å². The SMILES string of the molecule is C1=C/C=C/c2c(c(-c3ccc(-c4cccc(-c5nc6ccccc6c6c5ccc5c7ccccc7oc56)c4)c4ncccc34)cc3cccnc23)C=C1. The Balaban J connectivity index is 1.12. The number of hydrogen-bond donors (Lipinski definition) is 0. The molecule has 53 heavy (non-hydrogen) atoms. The summed E-state index contributed by atoms with van der Waals surface area (Å²) < 4.78 is 6.57. The van der Waals surface area contributed by atoms with Gasteiger partial charge in [-0.3, -0.25) is 9.97 Å². The molecule has 0 amide bonds. The number of hydrogen-bond acceptors (Lipinski definition) is 4. The van der Waals surface area contributed by atoms with Gasteiger partial charge in [0.15, 0.2) is 0 Å². The zero-order chi connectivity index (χ0) is 34.9. The summed E-state index contributed by atoms with van der Waals surface area (Å²) in [6.45, 7) is 0. The third-order valence-corrected chi connectivity index (χ3v) is 10.5. The highest BCUT2D eigenvalue weighted by Gasteiger charge is 2.20. The molecule has 0 aliphatic heterocycles. The smallest absolute Gasteiger partial charge is 0.144 e. The van der Waals surface area contributed by atoms with Gasteiger partial charge in [0.2, 0.25) is 0 Å². The molecule has 0 spiro atoms. The van der Waals surface area contributed by atoms with E-state index in [1.807, 2.05) is 36.7 Å². The van der Waals surface area contributed by atoms with Gasteiger partial charge >= 0.3 is 0 Å². The molecule has 0 N–H and O–H groups in total. The summed E-state index contributed by atoms with van der Waals surface area (Å²) in [7, 11) is 0. The maximum Gasteiger partial charge on any atom is 0.144 e. The molecule has 4 heterocycles. The lowest BCUT2D eigenvalue weighted by Gasteiger charge is -2.17. The van der Waals surface area contributed by atoms with E-state index in [9.17, 15) is 0 Å². The first-order valence-electron chi connectivity index (χ1n) is 17.8. The van der Waals surface area contributed by atoms with Crippen LogP contribution in [0.2, 0.25) is 0 Å². The first-order chi connectivity index (χ1) is 26.3. The van der Waals surface area contributed by atoms with E-state index in [1.54, 1.807) is 0 Å². The summed E-state index contributed by atoms with van der Waals surface area (Å²) in [5.41, 5.74) is 13.3. The fraction of sp³-hybridized carbons (Fsp3) is 0. The Labute approximate surface area is 304 Å². The van der Waals surface area contributed by atoms with E-state index in [0.717, 1.165) is 110 Å². The molecule has 246 valence electrons. The van der Waals surface area contributed by atoms with Crippen LogP contribution in [0.25, 0.3) is 111 Å². The van der Waals surface area contributed by atoms with Crippen LogP contribution in [0.1, 0.15) is 11.1 Å². The summed E-state index contributed by atoms with van der Waals surface area (Å²) in [5.74, 6) is 0. The first-order valence-corrected chi connectivity index (χ1v) is 17.8. The molecular weight excluding hydrogens is 647 g/mol. The topological polar surface area (TPSA) is 51.8 Å². The maximum absolute atomic E-state index is 6.57. The Kier molecular flexibility index (Phi) is 6.52. The normalized spacial score (nSPS) is 13.3. The van der Waals surface area contributed by atoms with Crippen LogP contribution in [0.3, 0.4) is 0 Å². The molecule has 6 aromatic carbocycles. The minimum absolute atomic E-state index is 0.888. The van der Waals surface area contributed by atoms with Crippen molar-refractivity contribution in [3.8, 4) is 33.5 Å². The van der Waals surface area contributed by atoms with Gasteiger partial charge in [-0.2, -0.15) is 0 Å². The third-order valence-electron chi connectivity index (χ3n) is 10.5. The summed E-state index contributed by atoms with van der Waals surface area (Å²) in [6.07, 6.45) is 16.4. The Hall–Kier alpha value is -7.17. The molecule has 11 rings (SSSR count). The Morgan fingerprint density at radius 2 is 1.19 bits per heavy atom. The second-order valence-electron chi connectivity index (χ2n) is 13.5. The highest BCUT2D eigenvalue weighted by atomic mass is 16.3. The van der Waals surface area contributed by atoms with Crippen molar-refractivity contribution < 1.29 is 4.42 Å². The van der Waals surface area contributed by atoms with Crippen LogP contribution in [-0.2, 0) is 0 Å². The summed E-state index contributed by atoms with van der Waals surface area (Å²) >= 11 is 0. The number of furan rings is 1. The number of allylic oxidation sites excluding steroid dienone is 4. The summed E-state index contributed by atoms with van der Waals surface area (Å²) in [4.78, 5) is 15.1. The molecule has 1 aliphatic carbocycles. The summed E-state index contributed by atoms with van der Waals surface area (Å²) in [5, 5.41) is 7.65. The van der Waals surface area contributed by atoms with E-state index >= 15 is 0 Å². The van der Waals surface area contributed by atoms with Gasteiger partial charge in [0.25, 0.3) is 0 Å². The molecule has 0 unspecified atom stereocenters. The monoisotopic (exact) mass is 675 g/mol. The molecule has 10 aromatic rings. The molecule has 4 nitrogen and oxygen atoms in total. The fourth-order valence-corrected chi connectivity index (χ4v) is 8.18. The van der Waals surface area contributed by atoms with E-state index < -0.39 is 0 Å². The lowest BCUT2D eigenvalue weighted by molar-refractivity contribution is 0.673. The standard InChI is InChI=1S/C49H29N3O/c1-2-4-17-37-34(15-3-1)42(29-32-14-10-26-50-46(32)37)35-23-22-33(48-38(35)19-11-27-51-48)30-12-9-13-31(28-30)47-41-25-24-39-36-16-6-8-21-44(36)53-49(39)45(41)40-18-5-7-20-43(40)52-47/h1-29H/b2-1?,3-1?,4-2?,15-3?,17-4+,34-15?,37-17?. The average molecular weight is 676 g/mol. The van der Waals surface area contributed by atoms with Gasteiger partial charge in [-0.05, 0) is 64.7 Å². The van der Waals surface area contributed by atoms with Crippen LogP contribution in [0.5, 0.6) is 0 Å². The van der Waals surface area contributed by atoms with Crippen molar-refractivity contribution >= 4 is 77.6 Å². The largest absolute Gasteiger partial charge is 0.455 e. The Morgan fingerprint density at radius 3 is 2.11 bits per heavy atom. The molecule has 0 bridgehead atoms. The minimum atomic E-state index is 0.888. The van der Waals surface area contributed by atoms with Crippen LogP contribution in [0.4, 0.5) is 0 Å². The summed E-state index contributed by atoms with van der Waals surface area (Å²) in [6, 6.07) is 44.8. The highest BCUT2D eigenvalue weighted by Crippen LogP contribution is 2.43. The molecule has 4 aromatic heterocycles. The van der Waals surface area contributed by atoms with Crippen LogP contribution in [0, 0.1) is 0 Å². The van der Waals surface area contributed by atoms with E-state index in [4.69, 9.17) is 19.4 Å². The first kappa shape index (κ1) is 29.5. The van der Waals surface area contributed by atoms with Gasteiger partial charge in [0.1, 0.15) is 11.2 Å². The van der Waals surface area contributed by atoms with Gasteiger partial charge < -0.3 is 4.42 Å². The molecule has 1 aliphatic rings. The van der Waals surface area contributed by atoms with E-state index in [2.05, 4.69) is 140 Å². The lowest BCUT2D eigenvalue weighted by atomic mass is 9.88. The Morgan fingerprint density at radius 1 is 0.453 bits per heavy atom. The molecule has 4 heteroatoms. The molecule has 0 atom stereocenters. The highest BCUT2D eigenvalue weighted by molar-refractivity contribution is 6.24. The van der Waals surface area contributed by atoms with Crippen molar-refractivity contribution in [3.05, 3.63) is 175 Å². The predicted octanol–water partition coefficient (Wildman–Crippen LogP) is 13.0. The van der Waals surface area contributed by atoms with Gasteiger partial charge in [0, 0.05) is 66.8 Å². The molecule has 0 fully saturated rings. The number of benzene rings is 6. The second kappa shape index (κ2) is 11.7. The number of rotatable bonds is 3. The van der Waals surface area contributed by atoms with Crippen molar-refractivity contribution in [1.29, 1.82) is 0 Å². The van der Waals surface area contributed by atoms with Crippen LogP contribution < -0.4 is 0 Å². The van der Waals surface area contributed by atoms with Gasteiger partial charge in [0.05, 0.1) is 22.2 Å². The van der Waals surface area contributed by atoms with Crippen LogP contribution in [0.15, 0.2) is 169 Å². The van der Waals surface area contributed by atoms with Crippen molar-refractivity contribution in [2.24, 2.45) is 0 Å². The quantitative estimate of drug-likeness (QED) is 0.175. The maximum atomic E-state index is 6.57. The number of pyridine rings is 3. The van der Waals surface area contributed by atoms with Crippen molar-refractivity contribution in [1.82, 2.24) is 15.0 Å². The Bertz CT molecular complexity index is 3240. The van der Waals surface area contributed by atoms with Crippen LogP contribution >= 0.6 is 0 Å². The van der Waals surface area contributed by atoms with Gasteiger partial charge in [-0.25, -0.2) is 4.98 Å². The molecular formula is C49H29N3O. The van der Waals surface area contributed by atoms with Crippen molar-refractivity contribution in [2.45, 2.75) is 0 Å². The number of fused-ring (bicyclic) bond motifs is 11. The van der Waals surface area contributed by atoms with Gasteiger partial charge in [-0.15, -0.1) is 0 Å². The fourth-order valence-electron chi connectivity index (χ4n) is 8.18. The minimum Gasteiger partial charge on any atom is -0.455 e. The number of para-hydroxylation sites is 2. The van der Waals surface area contributed by atoms with E-state index in [0.29, 0.717) is 0 Å². The molecule has 0 saturated heterocycles. The number of aromatic nitrogens is 3. The molecule has 0 radical (unpaired) electrons. The van der Waals surface area contributed by atoms with Gasteiger partial charge in [-0.1, -0.05) is 121 Å². The zero-order valence-electron chi connectivity index (χ0n) is 28.5. The van der Waals surface area contributed by atoms with E-state index in [-0.39, 0.29) is 0 Å². The van der Waals surface area contributed by atoms with Crippen molar-refractivity contribution in [2.75, 3.05) is 0 Å². The lowest BCUT2D eigenvalue weighted by Crippen LogP contribution is -1.95. The predicted molar refractivity (Wildman–Crippen MR) is 221 cm³/mol. The third kappa shape index (κ3) is 4.59. The van der Waals surface area contributed by atoms with Crippen molar-refractivity contribution in [3.63, 3.8) is 0 Å². The number of nitrogens with zero attached hydrogens (tertiary/aromatic N) is 3. The molecule has 0 saturated carbocycles. The average Bonchev–Trinajstić information content (AvgIpc) is 3.59. The second-order valence-corrected chi connectivity index (χ2v) is 13.5. The zero-order valence-corrected chi connectivity index (χ0v) is 28.5.